The predicted octanol–water partition coefficient (Wildman–Crippen LogP) is 4.69. The lowest BCUT2D eigenvalue weighted by molar-refractivity contribution is 0.411. The second-order valence-corrected chi connectivity index (χ2v) is 5.59. The number of anilines is 1. The Labute approximate surface area is 122 Å². The maximum atomic E-state index is 5.27. The van der Waals surface area contributed by atoms with Gasteiger partial charge in [0, 0.05) is 16.7 Å². The molecule has 0 bridgehead atoms. The van der Waals surface area contributed by atoms with Gasteiger partial charge in [0.25, 0.3) is 0 Å². The molecule has 19 heavy (non-hydrogen) atoms. The normalized spacial score (nSPS) is 10.3. The van der Waals surface area contributed by atoms with Crippen molar-refractivity contribution in [2.45, 2.75) is 20.4 Å². The lowest BCUT2D eigenvalue weighted by Crippen LogP contribution is -2.00. The average Bonchev–Trinajstić information content (AvgIpc) is 2.35. The van der Waals surface area contributed by atoms with Crippen molar-refractivity contribution in [3.05, 3.63) is 57.6 Å². The fourth-order valence-electron chi connectivity index (χ4n) is 2.09. The average molecular weight is 320 g/mol. The highest BCUT2D eigenvalue weighted by Gasteiger charge is 2.01. The third-order valence-corrected chi connectivity index (χ3v) is 3.46. The quantitative estimate of drug-likeness (QED) is 0.883. The van der Waals surface area contributed by atoms with Crippen LogP contribution in [-0.2, 0) is 6.54 Å². The van der Waals surface area contributed by atoms with Crippen molar-refractivity contribution >= 4 is 21.6 Å². The summed E-state index contributed by atoms with van der Waals surface area (Å²) in [6.07, 6.45) is 0. The molecule has 0 aliphatic heterocycles. The lowest BCUT2D eigenvalue weighted by atomic mass is 10.1. The summed E-state index contributed by atoms with van der Waals surface area (Å²) in [5.74, 6) is 0.932. The summed E-state index contributed by atoms with van der Waals surface area (Å²) in [4.78, 5) is 0. The van der Waals surface area contributed by atoms with Crippen LogP contribution in [0.5, 0.6) is 5.75 Å². The van der Waals surface area contributed by atoms with E-state index in [1.165, 1.54) is 11.1 Å². The highest BCUT2D eigenvalue weighted by atomic mass is 79.9. The van der Waals surface area contributed by atoms with Gasteiger partial charge in [-0.2, -0.15) is 0 Å². The Morgan fingerprint density at radius 2 is 1.89 bits per heavy atom. The van der Waals surface area contributed by atoms with Crippen LogP contribution in [0.2, 0.25) is 0 Å². The van der Waals surface area contributed by atoms with Crippen molar-refractivity contribution in [3.63, 3.8) is 0 Å². The van der Waals surface area contributed by atoms with Crippen molar-refractivity contribution in [3.8, 4) is 5.75 Å². The Hall–Kier alpha value is -1.48. The van der Waals surface area contributed by atoms with Crippen LogP contribution < -0.4 is 10.1 Å². The van der Waals surface area contributed by atoms with Gasteiger partial charge in [0.2, 0.25) is 0 Å². The molecule has 2 aromatic carbocycles. The minimum atomic E-state index is 0.806. The van der Waals surface area contributed by atoms with E-state index in [4.69, 9.17) is 4.74 Å². The van der Waals surface area contributed by atoms with E-state index in [0.717, 1.165) is 28.0 Å². The zero-order valence-electron chi connectivity index (χ0n) is 11.5. The Kier molecular flexibility index (Phi) is 4.48. The van der Waals surface area contributed by atoms with Crippen molar-refractivity contribution in [1.82, 2.24) is 0 Å². The van der Waals surface area contributed by atoms with Gasteiger partial charge in [-0.15, -0.1) is 0 Å². The number of aryl methyl sites for hydroxylation is 2. The van der Waals surface area contributed by atoms with Crippen LogP contribution in [0.1, 0.15) is 16.7 Å². The number of benzene rings is 2. The maximum absolute atomic E-state index is 5.27. The number of ether oxygens (including phenoxy) is 1. The molecular weight excluding hydrogens is 302 g/mol. The van der Waals surface area contributed by atoms with Crippen LogP contribution in [0.4, 0.5) is 5.69 Å². The Morgan fingerprint density at radius 3 is 2.53 bits per heavy atom. The Balaban J connectivity index is 2.08. The zero-order chi connectivity index (χ0) is 13.8. The molecule has 0 atom stereocenters. The summed E-state index contributed by atoms with van der Waals surface area (Å²) in [5, 5.41) is 3.44. The van der Waals surface area contributed by atoms with E-state index in [9.17, 15) is 0 Å². The minimum Gasteiger partial charge on any atom is -0.496 e. The molecule has 1 N–H and O–H groups in total. The van der Waals surface area contributed by atoms with Crippen molar-refractivity contribution in [2.75, 3.05) is 12.4 Å². The molecule has 2 nitrogen and oxygen atoms in total. The summed E-state index contributed by atoms with van der Waals surface area (Å²) in [7, 11) is 1.70. The maximum Gasteiger partial charge on any atom is 0.121 e. The van der Waals surface area contributed by atoms with Crippen molar-refractivity contribution in [1.29, 1.82) is 0 Å². The fourth-order valence-corrected chi connectivity index (χ4v) is 2.70. The molecule has 0 aromatic heterocycles. The lowest BCUT2D eigenvalue weighted by Gasteiger charge is -2.10. The number of hydrogen-bond donors (Lipinski definition) is 1. The van der Waals surface area contributed by atoms with Gasteiger partial charge in [-0.3, -0.25) is 0 Å². The van der Waals surface area contributed by atoms with E-state index in [1.807, 2.05) is 6.07 Å². The zero-order valence-corrected chi connectivity index (χ0v) is 13.0. The van der Waals surface area contributed by atoms with E-state index in [2.05, 4.69) is 65.4 Å². The molecule has 0 aliphatic rings. The summed E-state index contributed by atoms with van der Waals surface area (Å²) in [6, 6.07) is 12.6. The fraction of sp³-hybridized carbons (Fsp3) is 0.250. The van der Waals surface area contributed by atoms with Crippen LogP contribution in [0, 0.1) is 13.8 Å². The topological polar surface area (TPSA) is 21.3 Å². The minimum absolute atomic E-state index is 0.806. The van der Waals surface area contributed by atoms with Crippen LogP contribution >= 0.6 is 15.9 Å². The first-order chi connectivity index (χ1) is 9.08. The molecule has 0 amide bonds. The molecule has 100 valence electrons. The van der Waals surface area contributed by atoms with Gasteiger partial charge in [-0.25, -0.2) is 0 Å². The summed E-state index contributed by atoms with van der Waals surface area (Å²) in [5.41, 5.74) is 4.77. The second-order valence-electron chi connectivity index (χ2n) is 4.67. The Bertz CT molecular complexity index is 561. The van der Waals surface area contributed by atoms with Crippen LogP contribution in [0.25, 0.3) is 0 Å². The first kappa shape index (κ1) is 13.9. The van der Waals surface area contributed by atoms with Crippen LogP contribution in [0.15, 0.2) is 40.9 Å². The van der Waals surface area contributed by atoms with Crippen molar-refractivity contribution < 1.29 is 4.74 Å². The number of nitrogens with one attached hydrogen (secondary N) is 1. The predicted molar refractivity (Wildman–Crippen MR) is 83.9 cm³/mol. The van der Waals surface area contributed by atoms with Crippen LogP contribution in [0.3, 0.4) is 0 Å². The molecular formula is C16H18BrNO. The molecule has 3 heteroatoms. The summed E-state index contributed by atoms with van der Waals surface area (Å²) >= 11 is 3.51. The van der Waals surface area contributed by atoms with Gasteiger partial charge >= 0.3 is 0 Å². The molecule has 0 spiro atoms. The molecule has 0 fully saturated rings. The van der Waals surface area contributed by atoms with Gasteiger partial charge in [0.1, 0.15) is 5.75 Å². The van der Waals surface area contributed by atoms with Gasteiger partial charge in [-0.1, -0.05) is 28.1 Å². The monoisotopic (exact) mass is 319 g/mol. The number of methoxy groups -OCH3 is 1. The van der Waals surface area contributed by atoms with Gasteiger partial charge in [0.15, 0.2) is 0 Å². The summed E-state index contributed by atoms with van der Waals surface area (Å²) < 4.78 is 6.37. The first-order valence-electron chi connectivity index (χ1n) is 6.23. The smallest absolute Gasteiger partial charge is 0.121 e. The van der Waals surface area contributed by atoms with E-state index < -0.39 is 0 Å². The van der Waals surface area contributed by atoms with Gasteiger partial charge in [-0.05, 0) is 54.8 Å². The highest BCUT2D eigenvalue weighted by Crippen LogP contribution is 2.21. The molecule has 2 rings (SSSR count). The number of halogens is 1. The summed E-state index contributed by atoms with van der Waals surface area (Å²) in [6.45, 7) is 4.96. The van der Waals surface area contributed by atoms with E-state index in [0.29, 0.717) is 0 Å². The molecule has 0 radical (unpaired) electrons. The number of hydrogen-bond acceptors (Lipinski definition) is 2. The first-order valence-corrected chi connectivity index (χ1v) is 7.02. The van der Waals surface area contributed by atoms with Gasteiger partial charge in [0.05, 0.1) is 7.11 Å². The molecule has 0 unspecified atom stereocenters. The molecule has 0 aliphatic carbocycles. The Morgan fingerprint density at radius 1 is 1.11 bits per heavy atom. The molecule has 0 heterocycles. The standard InChI is InChI=1S/C16H18BrNO/c1-11-6-14(17)9-15(7-11)18-10-13-4-5-16(19-3)12(2)8-13/h4-9,18H,10H2,1-3H3. The SMILES string of the molecule is COc1ccc(CNc2cc(C)cc(Br)c2)cc1C. The number of rotatable bonds is 4. The van der Waals surface area contributed by atoms with Crippen LogP contribution in [-0.4, -0.2) is 7.11 Å². The molecule has 0 saturated carbocycles. The largest absolute Gasteiger partial charge is 0.496 e. The highest BCUT2D eigenvalue weighted by molar-refractivity contribution is 9.10. The van der Waals surface area contributed by atoms with Crippen molar-refractivity contribution in [2.24, 2.45) is 0 Å². The molecule has 2 aromatic rings. The van der Waals surface area contributed by atoms with E-state index >= 15 is 0 Å². The third kappa shape index (κ3) is 3.74. The second kappa shape index (κ2) is 6.11. The van der Waals surface area contributed by atoms with E-state index in [1.54, 1.807) is 7.11 Å². The third-order valence-electron chi connectivity index (χ3n) is 3.00. The van der Waals surface area contributed by atoms with Gasteiger partial charge < -0.3 is 10.1 Å². The molecule has 0 saturated heterocycles. The van der Waals surface area contributed by atoms with E-state index in [-0.39, 0.29) is 0 Å².